The number of carboxylic acids is 1. The van der Waals surface area contributed by atoms with Crippen LogP contribution in [0.4, 0.5) is 0 Å². The van der Waals surface area contributed by atoms with Crippen LogP contribution in [0.5, 0.6) is 5.75 Å². The smallest absolute Gasteiger partial charge is 0.339 e. The van der Waals surface area contributed by atoms with Crippen LogP contribution in [-0.4, -0.2) is 16.2 Å². The molecule has 1 aromatic carbocycles. The van der Waals surface area contributed by atoms with E-state index in [0.717, 1.165) is 5.39 Å². The first-order valence-corrected chi connectivity index (χ1v) is 4.50. The third kappa shape index (κ3) is 1.15. The minimum absolute atomic E-state index is 0.0463. The summed E-state index contributed by atoms with van der Waals surface area (Å²) in [6.07, 6.45) is 0. The van der Waals surface area contributed by atoms with Gasteiger partial charge in [0.05, 0.1) is 4.70 Å². The molecule has 0 aliphatic carbocycles. The van der Waals surface area contributed by atoms with Gasteiger partial charge >= 0.3 is 5.97 Å². The zero-order chi connectivity index (χ0) is 9.42. The molecule has 0 bridgehead atoms. The van der Waals surface area contributed by atoms with Gasteiger partial charge in [0.15, 0.2) is 0 Å². The van der Waals surface area contributed by atoms with Crippen molar-refractivity contribution in [1.29, 1.82) is 0 Å². The minimum Gasteiger partial charge on any atom is -0.506 e. The average molecular weight is 194 g/mol. The topological polar surface area (TPSA) is 57.5 Å². The lowest BCUT2D eigenvalue weighted by atomic mass is 10.1. The molecule has 0 atom stereocenters. The van der Waals surface area contributed by atoms with Crippen molar-refractivity contribution in [3.8, 4) is 5.75 Å². The number of thiophene rings is 1. The molecular weight excluding hydrogens is 188 g/mol. The first-order valence-electron chi connectivity index (χ1n) is 3.62. The number of fused-ring (bicyclic) bond motifs is 1. The minimum atomic E-state index is -1.10. The van der Waals surface area contributed by atoms with Gasteiger partial charge in [-0.2, -0.15) is 0 Å². The Morgan fingerprint density at radius 2 is 2.08 bits per heavy atom. The molecule has 13 heavy (non-hydrogen) atoms. The van der Waals surface area contributed by atoms with E-state index in [1.165, 1.54) is 17.4 Å². The van der Waals surface area contributed by atoms with E-state index in [1.54, 1.807) is 6.07 Å². The SMILES string of the molecule is O=C(O)c1ccc2ccsc2c1O. The largest absolute Gasteiger partial charge is 0.506 e. The molecule has 0 spiro atoms. The van der Waals surface area contributed by atoms with E-state index in [4.69, 9.17) is 5.11 Å². The standard InChI is InChI=1S/C9H6O3S/c10-7-6(9(11)12)2-1-5-3-4-13-8(5)7/h1-4,10H,(H,11,12). The Morgan fingerprint density at radius 3 is 2.77 bits per heavy atom. The van der Waals surface area contributed by atoms with E-state index in [0.29, 0.717) is 4.70 Å². The summed E-state index contributed by atoms with van der Waals surface area (Å²) in [5.74, 6) is -1.24. The highest BCUT2D eigenvalue weighted by atomic mass is 32.1. The second kappa shape index (κ2) is 2.74. The Hall–Kier alpha value is -1.55. The number of hydrogen-bond donors (Lipinski definition) is 2. The zero-order valence-corrected chi connectivity index (χ0v) is 7.34. The lowest BCUT2D eigenvalue weighted by Gasteiger charge is -1.99. The summed E-state index contributed by atoms with van der Waals surface area (Å²) in [5, 5.41) is 20.9. The van der Waals surface area contributed by atoms with Crippen molar-refractivity contribution in [2.24, 2.45) is 0 Å². The van der Waals surface area contributed by atoms with Gasteiger partial charge in [-0.1, -0.05) is 6.07 Å². The summed E-state index contributed by atoms with van der Waals surface area (Å²) in [6, 6.07) is 4.94. The number of aromatic hydroxyl groups is 1. The van der Waals surface area contributed by atoms with Crippen molar-refractivity contribution in [2.75, 3.05) is 0 Å². The van der Waals surface area contributed by atoms with Gasteiger partial charge in [-0.15, -0.1) is 11.3 Å². The number of carbonyl (C=O) groups is 1. The number of rotatable bonds is 1. The highest BCUT2D eigenvalue weighted by Crippen LogP contribution is 2.32. The van der Waals surface area contributed by atoms with Crippen LogP contribution in [-0.2, 0) is 0 Å². The number of phenols is 1. The third-order valence-corrected chi connectivity index (χ3v) is 2.76. The Kier molecular flexibility index (Phi) is 1.70. The first-order chi connectivity index (χ1) is 6.20. The lowest BCUT2D eigenvalue weighted by Crippen LogP contribution is -1.95. The van der Waals surface area contributed by atoms with Crippen molar-refractivity contribution in [1.82, 2.24) is 0 Å². The summed E-state index contributed by atoms with van der Waals surface area (Å²) >= 11 is 1.33. The van der Waals surface area contributed by atoms with Crippen molar-refractivity contribution < 1.29 is 15.0 Å². The van der Waals surface area contributed by atoms with Gasteiger partial charge in [-0.3, -0.25) is 0 Å². The number of benzene rings is 1. The fraction of sp³-hybridized carbons (Fsp3) is 0. The molecule has 0 saturated heterocycles. The van der Waals surface area contributed by atoms with E-state index in [2.05, 4.69) is 0 Å². The van der Waals surface area contributed by atoms with E-state index in [1.807, 2.05) is 11.4 Å². The molecule has 0 unspecified atom stereocenters. The molecule has 3 nitrogen and oxygen atoms in total. The number of aromatic carboxylic acids is 1. The second-order valence-electron chi connectivity index (χ2n) is 2.61. The molecule has 0 amide bonds. The summed E-state index contributed by atoms with van der Waals surface area (Å²) in [4.78, 5) is 10.6. The Balaban J connectivity index is 2.80. The molecule has 4 heteroatoms. The molecule has 1 aromatic heterocycles. The Bertz CT molecular complexity index is 473. The van der Waals surface area contributed by atoms with Gasteiger partial charge in [0.1, 0.15) is 11.3 Å². The molecule has 0 saturated carbocycles. The van der Waals surface area contributed by atoms with Gasteiger partial charge in [0.2, 0.25) is 0 Å². The average Bonchev–Trinajstić information content (AvgIpc) is 2.52. The summed E-state index contributed by atoms with van der Waals surface area (Å²) in [7, 11) is 0. The van der Waals surface area contributed by atoms with Gasteiger partial charge in [0, 0.05) is 0 Å². The summed E-state index contributed by atoms with van der Waals surface area (Å²) < 4.78 is 0.625. The molecule has 1 heterocycles. The van der Waals surface area contributed by atoms with Crippen LogP contribution < -0.4 is 0 Å². The zero-order valence-electron chi connectivity index (χ0n) is 6.52. The van der Waals surface area contributed by atoms with E-state index >= 15 is 0 Å². The van der Waals surface area contributed by atoms with E-state index < -0.39 is 5.97 Å². The van der Waals surface area contributed by atoms with Gasteiger partial charge < -0.3 is 10.2 Å². The molecule has 2 aromatic rings. The van der Waals surface area contributed by atoms with Gasteiger partial charge in [-0.05, 0) is 22.9 Å². The van der Waals surface area contributed by atoms with Crippen LogP contribution >= 0.6 is 11.3 Å². The highest BCUT2D eigenvalue weighted by molar-refractivity contribution is 7.17. The molecule has 0 radical (unpaired) electrons. The van der Waals surface area contributed by atoms with Gasteiger partial charge in [0.25, 0.3) is 0 Å². The van der Waals surface area contributed by atoms with Crippen molar-refractivity contribution >= 4 is 27.4 Å². The number of carboxylic acid groups (broad SMARTS) is 1. The second-order valence-corrected chi connectivity index (χ2v) is 3.52. The molecule has 2 rings (SSSR count). The molecule has 0 fully saturated rings. The lowest BCUT2D eigenvalue weighted by molar-refractivity contribution is 0.0694. The van der Waals surface area contributed by atoms with Gasteiger partial charge in [-0.25, -0.2) is 4.79 Å². The maximum absolute atomic E-state index is 10.6. The molecule has 2 N–H and O–H groups in total. The molecule has 66 valence electrons. The number of hydrogen-bond acceptors (Lipinski definition) is 3. The Morgan fingerprint density at radius 1 is 1.31 bits per heavy atom. The van der Waals surface area contributed by atoms with Crippen LogP contribution in [0, 0.1) is 0 Å². The maximum atomic E-state index is 10.6. The third-order valence-electron chi connectivity index (χ3n) is 1.83. The van der Waals surface area contributed by atoms with Crippen LogP contribution in [0.3, 0.4) is 0 Å². The van der Waals surface area contributed by atoms with Crippen molar-refractivity contribution in [3.63, 3.8) is 0 Å². The quantitative estimate of drug-likeness (QED) is 0.732. The normalized spacial score (nSPS) is 10.5. The van der Waals surface area contributed by atoms with Crippen LogP contribution in [0.1, 0.15) is 10.4 Å². The monoisotopic (exact) mass is 194 g/mol. The van der Waals surface area contributed by atoms with Crippen LogP contribution in [0.2, 0.25) is 0 Å². The summed E-state index contributed by atoms with van der Waals surface area (Å²) in [6.45, 7) is 0. The van der Waals surface area contributed by atoms with Crippen molar-refractivity contribution in [2.45, 2.75) is 0 Å². The maximum Gasteiger partial charge on any atom is 0.339 e. The van der Waals surface area contributed by atoms with Crippen LogP contribution in [0.25, 0.3) is 10.1 Å². The van der Waals surface area contributed by atoms with E-state index in [9.17, 15) is 9.90 Å². The van der Waals surface area contributed by atoms with E-state index in [-0.39, 0.29) is 11.3 Å². The molecule has 0 aliphatic heterocycles. The van der Waals surface area contributed by atoms with Crippen molar-refractivity contribution in [3.05, 3.63) is 29.1 Å². The fourth-order valence-electron chi connectivity index (χ4n) is 1.19. The molecular formula is C9H6O3S. The fourth-order valence-corrected chi connectivity index (χ4v) is 2.03. The predicted molar refractivity (Wildman–Crippen MR) is 50.4 cm³/mol. The highest BCUT2D eigenvalue weighted by Gasteiger charge is 2.12. The van der Waals surface area contributed by atoms with Crippen LogP contribution in [0.15, 0.2) is 23.6 Å². The first kappa shape index (κ1) is 8.07. The molecule has 0 aliphatic rings. The Labute approximate surface area is 77.9 Å². The summed E-state index contributed by atoms with van der Waals surface area (Å²) in [5.41, 5.74) is -0.0463. The predicted octanol–water partition coefficient (Wildman–Crippen LogP) is 2.31.